The summed E-state index contributed by atoms with van der Waals surface area (Å²) in [5, 5.41) is 8.95. The minimum absolute atomic E-state index is 0.463. The second-order valence-corrected chi connectivity index (χ2v) is 4.71. The highest BCUT2D eigenvalue weighted by Crippen LogP contribution is 2.32. The van der Waals surface area contributed by atoms with E-state index in [2.05, 4.69) is 22.0 Å². The van der Waals surface area contributed by atoms with E-state index >= 15 is 0 Å². The van der Waals surface area contributed by atoms with Crippen LogP contribution in [0.4, 0.5) is 5.69 Å². The Morgan fingerprint density at radius 2 is 1.89 bits per heavy atom. The van der Waals surface area contributed by atoms with Gasteiger partial charge in [-0.05, 0) is 30.3 Å². The van der Waals surface area contributed by atoms with Crippen LogP contribution in [0.15, 0.2) is 40.9 Å². The van der Waals surface area contributed by atoms with Gasteiger partial charge >= 0.3 is 0 Å². The molecule has 5 heteroatoms. The fourth-order valence-corrected chi connectivity index (χ4v) is 1.93. The predicted octanol–water partition coefficient (Wildman–Crippen LogP) is 3.70. The van der Waals surface area contributed by atoms with Gasteiger partial charge < -0.3 is 15.2 Å². The Hall–Kier alpha value is -2.19. The molecule has 0 saturated carbocycles. The maximum absolute atomic E-state index is 8.95. The minimum atomic E-state index is 0.463. The van der Waals surface area contributed by atoms with E-state index in [0.717, 1.165) is 4.47 Å². The van der Waals surface area contributed by atoms with E-state index in [-0.39, 0.29) is 0 Å². The second-order valence-electron chi connectivity index (χ2n) is 3.79. The quantitative estimate of drug-likeness (QED) is 0.876. The standard InChI is InChI=1S/C14H11BrN2O2/c1-18-11-4-9(8-16)5-12(7-11)19-14-3-2-10(15)6-13(14)17/h2-7H,17H2,1H3. The summed E-state index contributed by atoms with van der Waals surface area (Å²) in [6.07, 6.45) is 0. The number of nitrogens with two attached hydrogens (primary N) is 1. The fourth-order valence-electron chi connectivity index (χ4n) is 1.55. The summed E-state index contributed by atoms with van der Waals surface area (Å²) in [7, 11) is 1.54. The molecule has 0 atom stereocenters. The van der Waals surface area contributed by atoms with Gasteiger partial charge in [0.1, 0.15) is 17.2 Å². The van der Waals surface area contributed by atoms with Crippen molar-refractivity contribution in [3.8, 4) is 23.3 Å². The van der Waals surface area contributed by atoms with Crippen LogP contribution in [0.1, 0.15) is 5.56 Å². The van der Waals surface area contributed by atoms with Crippen molar-refractivity contribution < 1.29 is 9.47 Å². The Morgan fingerprint density at radius 1 is 1.16 bits per heavy atom. The zero-order valence-electron chi connectivity index (χ0n) is 10.2. The minimum Gasteiger partial charge on any atom is -0.497 e. The normalized spacial score (nSPS) is 9.74. The number of hydrogen-bond donors (Lipinski definition) is 1. The molecule has 96 valence electrons. The van der Waals surface area contributed by atoms with Gasteiger partial charge in [0.2, 0.25) is 0 Å². The molecule has 0 saturated heterocycles. The molecule has 0 radical (unpaired) electrons. The topological polar surface area (TPSA) is 68.3 Å². The van der Waals surface area contributed by atoms with Crippen molar-refractivity contribution in [2.24, 2.45) is 0 Å². The van der Waals surface area contributed by atoms with E-state index < -0.39 is 0 Å². The van der Waals surface area contributed by atoms with Gasteiger partial charge in [0, 0.05) is 10.5 Å². The van der Waals surface area contributed by atoms with Gasteiger partial charge in [-0.2, -0.15) is 5.26 Å². The summed E-state index contributed by atoms with van der Waals surface area (Å²) >= 11 is 3.33. The molecule has 0 unspecified atom stereocenters. The van der Waals surface area contributed by atoms with E-state index in [1.54, 1.807) is 30.3 Å². The lowest BCUT2D eigenvalue weighted by molar-refractivity contribution is 0.409. The summed E-state index contributed by atoms with van der Waals surface area (Å²) in [5.41, 5.74) is 6.83. The third kappa shape index (κ3) is 3.18. The van der Waals surface area contributed by atoms with Crippen molar-refractivity contribution in [2.75, 3.05) is 12.8 Å². The molecule has 0 amide bonds. The van der Waals surface area contributed by atoms with Crippen LogP contribution in [0.3, 0.4) is 0 Å². The Labute approximate surface area is 119 Å². The zero-order chi connectivity index (χ0) is 13.8. The van der Waals surface area contributed by atoms with E-state index in [4.69, 9.17) is 20.5 Å². The van der Waals surface area contributed by atoms with Crippen LogP contribution in [-0.2, 0) is 0 Å². The average Bonchev–Trinajstić information content (AvgIpc) is 2.41. The molecule has 2 aromatic carbocycles. The predicted molar refractivity (Wildman–Crippen MR) is 76.3 cm³/mol. The summed E-state index contributed by atoms with van der Waals surface area (Å²) in [4.78, 5) is 0. The molecule has 0 fully saturated rings. The molecule has 2 N–H and O–H groups in total. The Kier molecular flexibility index (Phi) is 3.93. The second kappa shape index (κ2) is 5.63. The van der Waals surface area contributed by atoms with Crippen LogP contribution >= 0.6 is 15.9 Å². The first-order valence-electron chi connectivity index (χ1n) is 5.44. The number of nitriles is 1. The smallest absolute Gasteiger partial charge is 0.150 e. The first-order valence-corrected chi connectivity index (χ1v) is 6.23. The Morgan fingerprint density at radius 3 is 2.53 bits per heavy atom. The number of methoxy groups -OCH3 is 1. The number of rotatable bonds is 3. The number of anilines is 1. The van der Waals surface area contributed by atoms with E-state index in [0.29, 0.717) is 28.5 Å². The summed E-state index contributed by atoms with van der Waals surface area (Å²) in [5.74, 6) is 1.59. The van der Waals surface area contributed by atoms with Crippen molar-refractivity contribution in [2.45, 2.75) is 0 Å². The number of halogens is 1. The van der Waals surface area contributed by atoms with Gasteiger partial charge in [-0.25, -0.2) is 0 Å². The number of benzene rings is 2. The van der Waals surface area contributed by atoms with Gasteiger partial charge in [-0.1, -0.05) is 15.9 Å². The molecular weight excluding hydrogens is 308 g/mol. The summed E-state index contributed by atoms with van der Waals surface area (Å²) < 4.78 is 11.7. The Balaban J connectivity index is 2.35. The lowest BCUT2D eigenvalue weighted by Crippen LogP contribution is -1.93. The van der Waals surface area contributed by atoms with E-state index in [9.17, 15) is 0 Å². The fraction of sp³-hybridized carbons (Fsp3) is 0.0714. The highest BCUT2D eigenvalue weighted by atomic mass is 79.9. The van der Waals surface area contributed by atoms with Crippen molar-refractivity contribution in [1.29, 1.82) is 5.26 Å². The molecule has 0 aliphatic carbocycles. The van der Waals surface area contributed by atoms with Gasteiger partial charge in [0.15, 0.2) is 0 Å². The zero-order valence-corrected chi connectivity index (χ0v) is 11.8. The number of hydrogen-bond acceptors (Lipinski definition) is 4. The molecule has 0 spiro atoms. The lowest BCUT2D eigenvalue weighted by Gasteiger charge is -2.10. The van der Waals surface area contributed by atoms with Crippen molar-refractivity contribution in [3.05, 3.63) is 46.4 Å². The molecule has 0 aromatic heterocycles. The molecule has 0 bridgehead atoms. The van der Waals surface area contributed by atoms with E-state index in [1.165, 1.54) is 7.11 Å². The van der Waals surface area contributed by atoms with Crippen LogP contribution < -0.4 is 15.2 Å². The largest absolute Gasteiger partial charge is 0.497 e. The van der Waals surface area contributed by atoms with Gasteiger partial charge in [-0.3, -0.25) is 0 Å². The molecule has 0 aliphatic rings. The molecular formula is C14H11BrN2O2. The highest BCUT2D eigenvalue weighted by Gasteiger charge is 2.06. The van der Waals surface area contributed by atoms with Gasteiger partial charge in [-0.15, -0.1) is 0 Å². The lowest BCUT2D eigenvalue weighted by atomic mass is 10.2. The first kappa shape index (κ1) is 13.2. The van der Waals surface area contributed by atoms with Gasteiger partial charge in [0.25, 0.3) is 0 Å². The summed E-state index contributed by atoms with van der Waals surface area (Å²) in [6.45, 7) is 0. The van der Waals surface area contributed by atoms with Gasteiger partial charge in [0.05, 0.1) is 24.4 Å². The van der Waals surface area contributed by atoms with E-state index in [1.807, 2.05) is 6.07 Å². The van der Waals surface area contributed by atoms with Crippen LogP contribution in [0.25, 0.3) is 0 Å². The third-order valence-electron chi connectivity index (χ3n) is 2.44. The molecule has 0 heterocycles. The monoisotopic (exact) mass is 318 g/mol. The number of ether oxygens (including phenoxy) is 2. The Bertz CT molecular complexity index is 650. The van der Waals surface area contributed by atoms with Crippen LogP contribution in [0.2, 0.25) is 0 Å². The van der Waals surface area contributed by atoms with Crippen molar-refractivity contribution in [1.82, 2.24) is 0 Å². The molecule has 4 nitrogen and oxygen atoms in total. The number of nitrogen functional groups attached to an aromatic ring is 1. The molecule has 2 rings (SSSR count). The molecule has 19 heavy (non-hydrogen) atoms. The molecule has 0 aliphatic heterocycles. The van der Waals surface area contributed by atoms with Crippen LogP contribution in [-0.4, -0.2) is 7.11 Å². The van der Waals surface area contributed by atoms with Crippen molar-refractivity contribution >= 4 is 21.6 Å². The van der Waals surface area contributed by atoms with Crippen LogP contribution in [0.5, 0.6) is 17.2 Å². The van der Waals surface area contributed by atoms with Crippen LogP contribution in [0, 0.1) is 11.3 Å². The first-order chi connectivity index (χ1) is 9.12. The highest BCUT2D eigenvalue weighted by molar-refractivity contribution is 9.10. The SMILES string of the molecule is COc1cc(C#N)cc(Oc2ccc(Br)cc2N)c1. The number of nitrogens with zero attached hydrogens (tertiary/aromatic N) is 1. The maximum atomic E-state index is 8.95. The molecule has 2 aromatic rings. The maximum Gasteiger partial charge on any atom is 0.150 e. The average molecular weight is 319 g/mol. The summed E-state index contributed by atoms with van der Waals surface area (Å²) in [6, 6.07) is 12.4. The third-order valence-corrected chi connectivity index (χ3v) is 2.94. The van der Waals surface area contributed by atoms with Crippen molar-refractivity contribution in [3.63, 3.8) is 0 Å².